The average Bonchev–Trinajstić information content (AvgIpc) is 3.25. The first-order valence-corrected chi connectivity index (χ1v) is 8.85. The maximum atomic E-state index is 13.8. The number of hydrogen-bond acceptors (Lipinski definition) is 5. The van der Waals surface area contributed by atoms with Gasteiger partial charge in [-0.1, -0.05) is 13.0 Å². The van der Waals surface area contributed by atoms with E-state index in [0.29, 0.717) is 6.54 Å². The molecule has 1 aromatic heterocycles. The van der Waals surface area contributed by atoms with Crippen molar-refractivity contribution in [1.82, 2.24) is 9.97 Å². The van der Waals surface area contributed by atoms with Crippen molar-refractivity contribution >= 4 is 11.8 Å². The lowest BCUT2D eigenvalue weighted by Gasteiger charge is -2.19. The number of benzene rings is 1. The number of aromatic nitrogens is 2. The molecule has 25 heavy (non-hydrogen) atoms. The van der Waals surface area contributed by atoms with Crippen molar-refractivity contribution < 1.29 is 9.13 Å². The fourth-order valence-electron chi connectivity index (χ4n) is 3.53. The molecular weight excluding hydrogens is 319 g/mol. The van der Waals surface area contributed by atoms with Gasteiger partial charge in [0, 0.05) is 31.4 Å². The highest BCUT2D eigenvalue weighted by Crippen LogP contribution is 2.45. The van der Waals surface area contributed by atoms with Gasteiger partial charge in [-0.25, -0.2) is 9.37 Å². The maximum Gasteiger partial charge on any atom is 0.227 e. The van der Waals surface area contributed by atoms with E-state index in [1.54, 1.807) is 6.07 Å². The lowest BCUT2D eigenvalue weighted by atomic mass is 10.2. The third-order valence-electron chi connectivity index (χ3n) is 5.17. The smallest absolute Gasteiger partial charge is 0.227 e. The van der Waals surface area contributed by atoms with Crippen LogP contribution < -0.4 is 15.0 Å². The van der Waals surface area contributed by atoms with E-state index >= 15 is 0 Å². The van der Waals surface area contributed by atoms with Crippen LogP contribution in [0.5, 0.6) is 5.75 Å². The van der Waals surface area contributed by atoms with Crippen LogP contribution >= 0.6 is 0 Å². The Labute approximate surface area is 147 Å². The summed E-state index contributed by atoms with van der Waals surface area (Å²) < 4.78 is 18.8. The lowest BCUT2D eigenvalue weighted by Crippen LogP contribution is -2.24. The summed E-state index contributed by atoms with van der Waals surface area (Å²) in [4.78, 5) is 11.5. The van der Waals surface area contributed by atoms with E-state index in [2.05, 4.69) is 22.1 Å². The van der Waals surface area contributed by atoms with Crippen LogP contribution in [0.4, 0.5) is 16.2 Å². The molecule has 0 spiro atoms. The van der Waals surface area contributed by atoms with Crippen molar-refractivity contribution in [3.8, 4) is 5.75 Å². The summed E-state index contributed by atoms with van der Waals surface area (Å²) >= 11 is 0. The molecule has 0 amide bonds. The number of piperidine rings is 1. The van der Waals surface area contributed by atoms with Crippen molar-refractivity contribution in [2.75, 3.05) is 30.4 Å². The first-order valence-electron chi connectivity index (χ1n) is 8.85. The number of anilines is 2. The largest absolute Gasteiger partial charge is 0.494 e. The number of nitrogens with one attached hydrogen (secondary N) is 1. The fourth-order valence-corrected chi connectivity index (χ4v) is 3.53. The van der Waals surface area contributed by atoms with Crippen molar-refractivity contribution in [2.24, 2.45) is 11.8 Å². The number of rotatable bonds is 6. The molecule has 1 aliphatic carbocycles. The number of ether oxygens (including phenoxy) is 1. The molecule has 2 unspecified atom stereocenters. The van der Waals surface area contributed by atoms with Gasteiger partial charge in [-0.15, -0.1) is 0 Å². The van der Waals surface area contributed by atoms with Gasteiger partial charge in [0.05, 0.1) is 7.11 Å². The highest BCUT2D eigenvalue weighted by molar-refractivity contribution is 5.49. The molecule has 1 N–H and O–H groups in total. The topological polar surface area (TPSA) is 50.3 Å². The lowest BCUT2D eigenvalue weighted by molar-refractivity contribution is 0.386. The molecule has 5 nitrogen and oxygen atoms in total. The van der Waals surface area contributed by atoms with E-state index in [1.807, 2.05) is 12.3 Å². The summed E-state index contributed by atoms with van der Waals surface area (Å²) in [7, 11) is 1.47. The Morgan fingerprint density at radius 1 is 1.32 bits per heavy atom. The number of fused-ring (bicyclic) bond motifs is 1. The average molecular weight is 342 g/mol. The molecule has 2 aromatic rings. The van der Waals surface area contributed by atoms with Crippen LogP contribution in [-0.4, -0.2) is 30.2 Å². The van der Waals surface area contributed by atoms with Gasteiger partial charge < -0.3 is 15.0 Å². The van der Waals surface area contributed by atoms with Crippen LogP contribution in [0.1, 0.15) is 24.5 Å². The Kier molecular flexibility index (Phi) is 4.19. The zero-order chi connectivity index (χ0) is 17.4. The SMILES string of the molecule is CCc1cnc(N2CC3CC3C2)nc1NCc1ccc(OC)c(F)c1. The van der Waals surface area contributed by atoms with Crippen molar-refractivity contribution in [3.63, 3.8) is 0 Å². The minimum atomic E-state index is -0.350. The van der Waals surface area contributed by atoms with Gasteiger partial charge in [0.2, 0.25) is 5.95 Å². The van der Waals surface area contributed by atoms with Gasteiger partial charge >= 0.3 is 0 Å². The molecule has 1 saturated carbocycles. The van der Waals surface area contributed by atoms with E-state index in [4.69, 9.17) is 9.72 Å². The summed E-state index contributed by atoms with van der Waals surface area (Å²) in [6.45, 7) is 4.73. The van der Waals surface area contributed by atoms with E-state index in [-0.39, 0.29) is 11.6 Å². The summed E-state index contributed by atoms with van der Waals surface area (Å²) in [5.41, 5.74) is 1.92. The molecule has 6 heteroatoms. The molecule has 2 heterocycles. The molecule has 2 fully saturated rings. The van der Waals surface area contributed by atoms with Gasteiger partial charge in [0.1, 0.15) is 5.82 Å². The third-order valence-corrected chi connectivity index (χ3v) is 5.17. The normalized spacial score (nSPS) is 21.2. The van der Waals surface area contributed by atoms with Crippen LogP contribution in [0, 0.1) is 17.7 Å². The van der Waals surface area contributed by atoms with E-state index in [0.717, 1.165) is 54.2 Å². The summed E-state index contributed by atoms with van der Waals surface area (Å²) in [5, 5.41) is 3.35. The molecule has 0 bridgehead atoms. The van der Waals surface area contributed by atoms with Crippen molar-refractivity contribution in [1.29, 1.82) is 0 Å². The molecule has 1 aliphatic heterocycles. The molecule has 0 radical (unpaired) electrons. The van der Waals surface area contributed by atoms with Crippen LogP contribution in [0.15, 0.2) is 24.4 Å². The summed E-state index contributed by atoms with van der Waals surface area (Å²) in [6, 6.07) is 5.00. The van der Waals surface area contributed by atoms with Crippen LogP contribution in [0.25, 0.3) is 0 Å². The summed E-state index contributed by atoms with van der Waals surface area (Å²) in [6.07, 6.45) is 4.12. The molecule has 1 saturated heterocycles. The maximum absolute atomic E-state index is 13.8. The molecule has 4 rings (SSSR count). The zero-order valence-electron chi connectivity index (χ0n) is 14.6. The number of halogens is 1. The second kappa shape index (κ2) is 6.50. The Hall–Kier alpha value is -2.37. The third kappa shape index (κ3) is 3.25. The molecular formula is C19H23FN4O. The molecule has 2 atom stereocenters. The van der Waals surface area contributed by atoms with Crippen LogP contribution in [0.2, 0.25) is 0 Å². The number of hydrogen-bond donors (Lipinski definition) is 1. The summed E-state index contributed by atoms with van der Waals surface area (Å²) in [5.74, 6) is 3.23. The number of nitrogens with zero attached hydrogens (tertiary/aromatic N) is 3. The Bertz CT molecular complexity index is 772. The Morgan fingerprint density at radius 2 is 2.12 bits per heavy atom. The zero-order valence-corrected chi connectivity index (χ0v) is 14.6. The monoisotopic (exact) mass is 342 g/mol. The van der Waals surface area contributed by atoms with E-state index in [9.17, 15) is 4.39 Å². The predicted octanol–water partition coefficient (Wildman–Crippen LogP) is 3.25. The number of methoxy groups -OCH3 is 1. The van der Waals surface area contributed by atoms with Gasteiger partial charge in [-0.3, -0.25) is 0 Å². The highest BCUT2D eigenvalue weighted by Gasteiger charge is 2.45. The Morgan fingerprint density at radius 3 is 2.80 bits per heavy atom. The van der Waals surface area contributed by atoms with Gasteiger partial charge in [-0.05, 0) is 42.4 Å². The highest BCUT2D eigenvalue weighted by atomic mass is 19.1. The minimum absolute atomic E-state index is 0.259. The predicted molar refractivity (Wildman–Crippen MR) is 95.5 cm³/mol. The molecule has 132 valence electrons. The van der Waals surface area contributed by atoms with Gasteiger partial charge in [0.25, 0.3) is 0 Å². The molecule has 2 aliphatic rings. The first-order chi connectivity index (χ1) is 12.2. The van der Waals surface area contributed by atoms with Gasteiger partial charge in [0.15, 0.2) is 11.6 Å². The second-order valence-corrected chi connectivity index (χ2v) is 6.88. The van der Waals surface area contributed by atoms with E-state index < -0.39 is 0 Å². The van der Waals surface area contributed by atoms with Crippen molar-refractivity contribution in [3.05, 3.63) is 41.3 Å². The van der Waals surface area contributed by atoms with Crippen molar-refractivity contribution in [2.45, 2.75) is 26.3 Å². The standard InChI is InChI=1S/C19H23FN4O/c1-3-13-9-22-19(24-10-14-7-15(14)11-24)23-18(13)21-8-12-4-5-17(25-2)16(20)6-12/h4-6,9,14-15H,3,7-8,10-11H2,1-2H3,(H,21,22,23). The van der Waals surface area contributed by atoms with Gasteiger partial charge in [-0.2, -0.15) is 4.98 Å². The Balaban J connectivity index is 1.49. The quantitative estimate of drug-likeness (QED) is 0.873. The number of aryl methyl sites for hydroxylation is 1. The van der Waals surface area contributed by atoms with Crippen LogP contribution in [-0.2, 0) is 13.0 Å². The fraction of sp³-hybridized carbons (Fsp3) is 0.474. The van der Waals surface area contributed by atoms with E-state index in [1.165, 1.54) is 19.6 Å². The second-order valence-electron chi connectivity index (χ2n) is 6.88. The van der Waals surface area contributed by atoms with Crippen LogP contribution in [0.3, 0.4) is 0 Å². The first kappa shape index (κ1) is 16.1. The molecule has 1 aromatic carbocycles. The minimum Gasteiger partial charge on any atom is -0.494 e.